The Morgan fingerprint density at radius 2 is 1.33 bits per heavy atom. The molecule has 73 valence electrons. The van der Waals surface area contributed by atoms with E-state index in [0.29, 0.717) is 0 Å². The third kappa shape index (κ3) is 2.84. The summed E-state index contributed by atoms with van der Waals surface area (Å²) in [5, 5.41) is 0. The zero-order chi connectivity index (χ0) is 10.5. The molecule has 2 aromatic carbocycles. The zero-order valence-electron chi connectivity index (χ0n) is 8.43. The Morgan fingerprint density at radius 1 is 0.800 bits per heavy atom. The van der Waals surface area contributed by atoms with E-state index in [2.05, 4.69) is 61.2 Å². The second-order valence-electron chi connectivity index (χ2n) is 3.26. The molecule has 2 aromatic rings. The molecule has 0 heterocycles. The molecule has 1 radical (unpaired) electrons. The first-order valence-electron chi connectivity index (χ1n) is 4.87. The van der Waals surface area contributed by atoms with Crippen LogP contribution in [0.5, 0.6) is 0 Å². The standard InChI is InChI=1S/C14H12As/c1-12(13-8-4-2-5-9-13)15-14-10-6-3-7-11-14/h2-11H,1H2. The molecule has 0 aliphatic heterocycles. The molecular weight excluding hydrogens is 243 g/mol. The van der Waals surface area contributed by atoms with Gasteiger partial charge in [-0.3, -0.25) is 0 Å². The SMILES string of the molecule is C=C([As]c1ccccc1)c1ccccc1. The Labute approximate surface area is 97.3 Å². The first kappa shape index (κ1) is 10.3. The molecule has 0 aliphatic carbocycles. The van der Waals surface area contributed by atoms with Crippen LogP contribution in [0.3, 0.4) is 0 Å². The van der Waals surface area contributed by atoms with E-state index in [9.17, 15) is 0 Å². The van der Waals surface area contributed by atoms with E-state index in [-0.39, 0.29) is 15.8 Å². The maximum atomic E-state index is 4.16. The summed E-state index contributed by atoms with van der Waals surface area (Å²) in [6.07, 6.45) is 0. The molecule has 0 saturated carbocycles. The molecule has 0 amide bonds. The Balaban J connectivity index is 2.12. The van der Waals surface area contributed by atoms with Crippen molar-refractivity contribution < 1.29 is 0 Å². The third-order valence-electron chi connectivity index (χ3n) is 2.13. The summed E-state index contributed by atoms with van der Waals surface area (Å²) in [5.41, 5.74) is 1.27. The fourth-order valence-corrected chi connectivity index (χ4v) is 3.26. The second kappa shape index (κ2) is 5.00. The zero-order valence-corrected chi connectivity index (χ0v) is 10.3. The van der Waals surface area contributed by atoms with Crippen molar-refractivity contribution >= 4 is 24.5 Å². The summed E-state index contributed by atoms with van der Waals surface area (Å²) in [6, 6.07) is 21.0. The number of hydrogen-bond acceptors (Lipinski definition) is 0. The molecule has 15 heavy (non-hydrogen) atoms. The van der Waals surface area contributed by atoms with E-state index in [1.807, 2.05) is 6.07 Å². The minimum atomic E-state index is 0.0431. The van der Waals surface area contributed by atoms with E-state index in [1.54, 1.807) is 0 Å². The van der Waals surface area contributed by atoms with Crippen molar-refractivity contribution in [3.05, 3.63) is 72.8 Å². The number of benzene rings is 2. The van der Waals surface area contributed by atoms with Gasteiger partial charge in [0.05, 0.1) is 0 Å². The number of rotatable bonds is 3. The van der Waals surface area contributed by atoms with Gasteiger partial charge in [0, 0.05) is 0 Å². The molecule has 0 bridgehead atoms. The molecule has 0 nitrogen and oxygen atoms in total. The molecular formula is C14H12As. The van der Waals surface area contributed by atoms with Gasteiger partial charge in [-0.1, -0.05) is 0 Å². The van der Waals surface area contributed by atoms with Crippen LogP contribution < -0.4 is 4.35 Å². The molecule has 2 rings (SSSR count). The van der Waals surface area contributed by atoms with Gasteiger partial charge in [0.25, 0.3) is 0 Å². The molecule has 1 heteroatoms. The predicted molar refractivity (Wildman–Crippen MR) is 67.3 cm³/mol. The molecule has 0 spiro atoms. The summed E-state index contributed by atoms with van der Waals surface area (Å²) in [4.78, 5) is 0. The minimum absolute atomic E-state index is 0.0431. The van der Waals surface area contributed by atoms with Crippen LogP contribution in [-0.2, 0) is 0 Å². The Hall–Kier alpha value is -1.26. The van der Waals surface area contributed by atoms with Crippen molar-refractivity contribution in [2.45, 2.75) is 0 Å². The second-order valence-corrected chi connectivity index (χ2v) is 5.95. The monoisotopic (exact) mass is 255 g/mol. The van der Waals surface area contributed by atoms with Crippen molar-refractivity contribution in [3.63, 3.8) is 0 Å². The van der Waals surface area contributed by atoms with Crippen LogP contribution in [-0.4, -0.2) is 15.8 Å². The van der Waals surface area contributed by atoms with E-state index < -0.39 is 0 Å². The van der Waals surface area contributed by atoms with Gasteiger partial charge in [-0.05, 0) is 0 Å². The molecule has 0 aromatic heterocycles. The quantitative estimate of drug-likeness (QED) is 0.740. The summed E-state index contributed by atoms with van der Waals surface area (Å²) >= 11 is 0.0431. The summed E-state index contributed by atoms with van der Waals surface area (Å²) in [6.45, 7) is 4.16. The molecule has 0 saturated heterocycles. The van der Waals surface area contributed by atoms with Crippen LogP contribution in [0.2, 0.25) is 0 Å². The van der Waals surface area contributed by atoms with Gasteiger partial charge in [0.1, 0.15) is 0 Å². The fourth-order valence-electron chi connectivity index (χ4n) is 1.35. The average Bonchev–Trinajstić information content (AvgIpc) is 2.31. The van der Waals surface area contributed by atoms with Gasteiger partial charge in [-0.2, -0.15) is 0 Å². The van der Waals surface area contributed by atoms with E-state index in [4.69, 9.17) is 0 Å². The van der Waals surface area contributed by atoms with Crippen molar-refractivity contribution in [1.29, 1.82) is 0 Å². The van der Waals surface area contributed by atoms with Crippen LogP contribution in [0.1, 0.15) is 5.56 Å². The van der Waals surface area contributed by atoms with Crippen LogP contribution in [0.4, 0.5) is 0 Å². The number of hydrogen-bond donors (Lipinski definition) is 0. The van der Waals surface area contributed by atoms with E-state index >= 15 is 0 Å². The van der Waals surface area contributed by atoms with Gasteiger partial charge in [0.2, 0.25) is 0 Å². The Morgan fingerprint density at radius 3 is 1.93 bits per heavy atom. The topological polar surface area (TPSA) is 0 Å². The normalized spacial score (nSPS) is 10.7. The summed E-state index contributed by atoms with van der Waals surface area (Å²) in [7, 11) is 0. The first-order chi connectivity index (χ1) is 7.36. The van der Waals surface area contributed by atoms with E-state index in [0.717, 1.165) is 0 Å². The summed E-state index contributed by atoms with van der Waals surface area (Å²) < 4.78 is 2.67. The van der Waals surface area contributed by atoms with Crippen LogP contribution in [0, 0.1) is 0 Å². The van der Waals surface area contributed by atoms with Crippen LogP contribution in [0.25, 0.3) is 4.36 Å². The van der Waals surface area contributed by atoms with Gasteiger partial charge < -0.3 is 0 Å². The van der Waals surface area contributed by atoms with Gasteiger partial charge in [-0.15, -0.1) is 0 Å². The summed E-state index contributed by atoms with van der Waals surface area (Å²) in [5.74, 6) is 0. The van der Waals surface area contributed by atoms with Crippen molar-refractivity contribution in [2.24, 2.45) is 0 Å². The van der Waals surface area contributed by atoms with Gasteiger partial charge in [-0.25, -0.2) is 0 Å². The van der Waals surface area contributed by atoms with Crippen molar-refractivity contribution in [3.8, 4) is 0 Å². The predicted octanol–water partition coefficient (Wildman–Crippen LogP) is 2.69. The average molecular weight is 255 g/mol. The van der Waals surface area contributed by atoms with Crippen LogP contribution >= 0.6 is 0 Å². The van der Waals surface area contributed by atoms with Gasteiger partial charge in [0.15, 0.2) is 0 Å². The van der Waals surface area contributed by atoms with Crippen LogP contribution in [0.15, 0.2) is 67.2 Å². The molecule has 0 unspecified atom stereocenters. The molecule has 0 fully saturated rings. The molecule has 0 N–H and O–H groups in total. The molecule has 0 aliphatic rings. The Kier molecular flexibility index (Phi) is 3.42. The maximum absolute atomic E-state index is 4.16. The molecule has 0 atom stereocenters. The third-order valence-corrected chi connectivity index (χ3v) is 4.40. The first-order valence-corrected chi connectivity index (χ1v) is 6.75. The fraction of sp³-hybridized carbons (Fsp3) is 0. The van der Waals surface area contributed by atoms with E-state index in [1.165, 1.54) is 14.3 Å². The van der Waals surface area contributed by atoms with Crippen molar-refractivity contribution in [2.75, 3.05) is 0 Å². The van der Waals surface area contributed by atoms with Gasteiger partial charge >= 0.3 is 97.3 Å². The van der Waals surface area contributed by atoms with Crippen molar-refractivity contribution in [1.82, 2.24) is 0 Å². The Bertz CT molecular complexity index is 431.